The highest BCUT2D eigenvalue weighted by atomic mass is 16.3. The molecule has 0 atom stereocenters. The summed E-state index contributed by atoms with van der Waals surface area (Å²) >= 11 is 0. The number of nitriles is 2. The molecule has 2 N–H and O–H groups in total. The van der Waals surface area contributed by atoms with E-state index in [-0.39, 0.29) is 6.42 Å². The van der Waals surface area contributed by atoms with Crippen LogP contribution in [0, 0.1) is 22.7 Å². The number of para-hydroxylation sites is 1. The third-order valence-electron chi connectivity index (χ3n) is 9.05. The third kappa shape index (κ3) is 5.17. The molecule has 0 saturated carbocycles. The monoisotopic (exact) mass is 628 g/mol. The zero-order chi connectivity index (χ0) is 33.3. The number of pyridine rings is 1. The Morgan fingerprint density at radius 2 is 1.31 bits per heavy atom. The van der Waals surface area contributed by atoms with Crippen molar-refractivity contribution in [2.75, 3.05) is 0 Å². The maximum absolute atomic E-state index is 9.50. The lowest BCUT2D eigenvalue weighted by atomic mass is 9.84. The summed E-state index contributed by atoms with van der Waals surface area (Å²) < 4.78 is 6.45. The summed E-state index contributed by atoms with van der Waals surface area (Å²) in [4.78, 5) is 4.17. The van der Waals surface area contributed by atoms with Gasteiger partial charge < -0.3 is 10.2 Å². The van der Waals surface area contributed by atoms with Gasteiger partial charge >= 0.3 is 0 Å². The summed E-state index contributed by atoms with van der Waals surface area (Å²) in [7, 11) is 0. The van der Waals surface area contributed by atoms with Crippen molar-refractivity contribution in [3.05, 3.63) is 157 Å². The van der Waals surface area contributed by atoms with Crippen molar-refractivity contribution in [2.24, 2.45) is 5.73 Å². The number of allylic oxidation sites excluding steroid dienone is 3. The summed E-state index contributed by atoms with van der Waals surface area (Å²) in [6.07, 6.45) is 7.21. The van der Waals surface area contributed by atoms with Gasteiger partial charge in [0.1, 0.15) is 22.9 Å². The van der Waals surface area contributed by atoms with E-state index >= 15 is 0 Å². The Morgan fingerprint density at radius 3 is 2.06 bits per heavy atom. The predicted octanol–water partition coefficient (Wildman–Crippen LogP) is 10.9. The molecule has 0 aliphatic carbocycles. The molecule has 0 aliphatic rings. The standard InChI is InChI=1S/C44H28N4O/c45-19-7-12-28(17-20-46)29-8-5-10-32(22-29)43-36-14-1-2-15-37(36)44(33-11-6-9-30(23-33)31-18-21-48-34(24-31)27-47)40-26-42-38(25-39(40)43)35-13-3-4-16-41(35)49-42/h1-6,8-18,20-26H,7,46H2/b20-17-,28-12+. The van der Waals surface area contributed by atoms with E-state index in [0.29, 0.717) is 5.69 Å². The van der Waals surface area contributed by atoms with Gasteiger partial charge in [0.2, 0.25) is 0 Å². The molecule has 0 spiro atoms. The Morgan fingerprint density at radius 1 is 0.633 bits per heavy atom. The second-order valence-corrected chi connectivity index (χ2v) is 11.9. The lowest BCUT2D eigenvalue weighted by Gasteiger charge is -2.19. The van der Waals surface area contributed by atoms with Crippen LogP contribution in [0.1, 0.15) is 17.7 Å². The van der Waals surface area contributed by atoms with Gasteiger partial charge in [0.05, 0.1) is 12.5 Å². The van der Waals surface area contributed by atoms with Crippen LogP contribution in [0.25, 0.3) is 82.4 Å². The molecular weight excluding hydrogens is 601 g/mol. The zero-order valence-corrected chi connectivity index (χ0v) is 26.4. The largest absolute Gasteiger partial charge is 0.456 e. The van der Waals surface area contributed by atoms with Gasteiger partial charge in [-0.05, 0) is 121 Å². The molecule has 0 amide bonds. The number of rotatable bonds is 6. The summed E-state index contributed by atoms with van der Waals surface area (Å²) in [5, 5.41) is 25.3. The molecule has 2 aromatic heterocycles. The molecule has 5 nitrogen and oxygen atoms in total. The van der Waals surface area contributed by atoms with E-state index in [1.54, 1.807) is 6.20 Å². The highest BCUT2D eigenvalue weighted by Gasteiger charge is 2.20. The normalized spacial score (nSPS) is 11.8. The summed E-state index contributed by atoms with van der Waals surface area (Å²) in [5.41, 5.74) is 16.0. The number of hydrogen-bond acceptors (Lipinski definition) is 5. The van der Waals surface area contributed by atoms with E-state index < -0.39 is 0 Å². The minimum atomic E-state index is 0.284. The van der Waals surface area contributed by atoms with Crippen molar-refractivity contribution in [3.8, 4) is 45.5 Å². The van der Waals surface area contributed by atoms with Crippen LogP contribution in [-0.4, -0.2) is 4.98 Å². The number of fused-ring (bicyclic) bond motifs is 5. The summed E-state index contributed by atoms with van der Waals surface area (Å²) in [5.74, 6) is 0. The van der Waals surface area contributed by atoms with Crippen molar-refractivity contribution in [1.82, 2.24) is 4.98 Å². The van der Waals surface area contributed by atoms with E-state index in [9.17, 15) is 10.5 Å². The molecule has 0 aliphatic heterocycles. The molecular formula is C44H28N4O. The first-order valence-electron chi connectivity index (χ1n) is 16.0. The molecule has 0 saturated heterocycles. The molecule has 2 heterocycles. The van der Waals surface area contributed by atoms with Crippen molar-refractivity contribution in [2.45, 2.75) is 6.42 Å². The Balaban J connectivity index is 1.47. The van der Waals surface area contributed by atoms with Gasteiger partial charge in [0, 0.05) is 17.0 Å². The molecule has 8 aromatic rings. The molecule has 6 aromatic carbocycles. The number of nitrogens with two attached hydrogens (primary N) is 1. The van der Waals surface area contributed by atoms with Crippen LogP contribution in [0.2, 0.25) is 0 Å². The van der Waals surface area contributed by atoms with Gasteiger partial charge in [-0.25, -0.2) is 4.98 Å². The SMILES string of the molecule is N#CC/C=C(\C=C/N)c1cccc(-c2c3ccccc3c(-c3cccc(-c4ccnc(C#N)c4)c3)c3cc4oc5ccccc5c4cc23)c1. The van der Waals surface area contributed by atoms with Gasteiger partial charge in [0.15, 0.2) is 0 Å². The highest BCUT2D eigenvalue weighted by molar-refractivity contribution is 6.25. The summed E-state index contributed by atoms with van der Waals surface area (Å²) in [6, 6.07) is 46.2. The van der Waals surface area contributed by atoms with Crippen LogP contribution in [0.5, 0.6) is 0 Å². The maximum atomic E-state index is 9.50. The number of furan rings is 1. The second kappa shape index (κ2) is 12.3. The molecule has 0 fully saturated rings. The minimum Gasteiger partial charge on any atom is -0.456 e. The Kier molecular flexibility index (Phi) is 7.42. The van der Waals surface area contributed by atoms with Gasteiger partial charge in [-0.2, -0.15) is 10.5 Å². The summed E-state index contributed by atoms with van der Waals surface area (Å²) in [6.45, 7) is 0. The molecule has 0 unspecified atom stereocenters. The molecule has 230 valence electrons. The van der Waals surface area contributed by atoms with Gasteiger partial charge in [-0.1, -0.05) is 84.9 Å². The first kappa shape index (κ1) is 29.5. The lowest BCUT2D eigenvalue weighted by Crippen LogP contribution is -1.93. The van der Waals surface area contributed by atoms with Crippen LogP contribution < -0.4 is 5.73 Å². The fourth-order valence-electron chi connectivity index (χ4n) is 6.94. The van der Waals surface area contributed by atoms with Crippen LogP contribution >= 0.6 is 0 Å². The molecule has 49 heavy (non-hydrogen) atoms. The first-order chi connectivity index (χ1) is 24.2. The van der Waals surface area contributed by atoms with Gasteiger partial charge in [-0.3, -0.25) is 0 Å². The smallest absolute Gasteiger partial charge is 0.141 e. The fraction of sp³-hybridized carbons (Fsp3) is 0.0227. The highest BCUT2D eigenvalue weighted by Crippen LogP contribution is 2.47. The Labute approximate surface area is 283 Å². The van der Waals surface area contributed by atoms with Crippen molar-refractivity contribution in [1.29, 1.82) is 10.5 Å². The topological polar surface area (TPSA) is 99.6 Å². The number of aromatic nitrogens is 1. The van der Waals surface area contributed by atoms with Crippen molar-refractivity contribution < 1.29 is 4.42 Å². The minimum absolute atomic E-state index is 0.284. The molecule has 8 rings (SSSR count). The first-order valence-corrected chi connectivity index (χ1v) is 16.0. The second-order valence-electron chi connectivity index (χ2n) is 11.9. The van der Waals surface area contributed by atoms with Gasteiger partial charge in [-0.15, -0.1) is 0 Å². The maximum Gasteiger partial charge on any atom is 0.141 e. The number of benzene rings is 6. The van der Waals surface area contributed by atoms with E-state index in [0.717, 1.165) is 88.0 Å². The quantitative estimate of drug-likeness (QED) is 0.146. The third-order valence-corrected chi connectivity index (χ3v) is 9.05. The average molecular weight is 629 g/mol. The Hall–Kier alpha value is -6.95. The predicted molar refractivity (Wildman–Crippen MR) is 199 cm³/mol. The van der Waals surface area contributed by atoms with Crippen LogP contribution in [0.4, 0.5) is 0 Å². The van der Waals surface area contributed by atoms with E-state index in [1.807, 2.05) is 42.5 Å². The van der Waals surface area contributed by atoms with E-state index in [2.05, 4.69) is 108 Å². The lowest BCUT2D eigenvalue weighted by molar-refractivity contribution is 0.669. The molecule has 0 radical (unpaired) electrons. The average Bonchev–Trinajstić information content (AvgIpc) is 3.52. The Bertz CT molecular complexity index is 2740. The van der Waals surface area contributed by atoms with Crippen LogP contribution in [0.3, 0.4) is 0 Å². The fourth-order valence-corrected chi connectivity index (χ4v) is 6.94. The molecule has 5 heteroatoms. The van der Waals surface area contributed by atoms with Crippen LogP contribution in [0.15, 0.2) is 150 Å². The van der Waals surface area contributed by atoms with Crippen molar-refractivity contribution >= 4 is 49.1 Å². The molecule has 0 bridgehead atoms. The zero-order valence-electron chi connectivity index (χ0n) is 26.4. The number of hydrogen-bond donors (Lipinski definition) is 1. The van der Waals surface area contributed by atoms with Crippen LogP contribution in [-0.2, 0) is 0 Å². The van der Waals surface area contributed by atoms with E-state index in [4.69, 9.17) is 10.2 Å². The van der Waals surface area contributed by atoms with Gasteiger partial charge in [0.25, 0.3) is 0 Å². The van der Waals surface area contributed by atoms with Crippen molar-refractivity contribution in [3.63, 3.8) is 0 Å². The number of nitrogens with zero attached hydrogens (tertiary/aromatic N) is 3. The van der Waals surface area contributed by atoms with E-state index in [1.165, 1.54) is 6.20 Å².